The van der Waals surface area contributed by atoms with Crippen LogP contribution in [-0.2, 0) is 26.8 Å². The third kappa shape index (κ3) is 6.24. The molecular weight excluding hydrogens is 457 g/mol. The molecule has 1 fully saturated rings. The van der Waals surface area contributed by atoms with Gasteiger partial charge in [0.05, 0.1) is 12.6 Å². The molecule has 0 aliphatic heterocycles. The molecule has 0 amide bonds. The molecule has 0 bridgehead atoms. The molecule has 2 unspecified atom stereocenters. The number of nitrogens with zero attached hydrogens (tertiary/aromatic N) is 2. The smallest absolute Gasteiger partial charge is 0.396 e. The highest BCUT2D eigenvalue weighted by molar-refractivity contribution is 7.66. The van der Waals surface area contributed by atoms with Crippen molar-refractivity contribution in [3.05, 3.63) is 40.6 Å². The second-order valence-corrected chi connectivity index (χ2v) is 10.5. The monoisotopic (exact) mass is 476 g/mol. The van der Waals surface area contributed by atoms with E-state index < -0.39 is 60.2 Å². The number of aliphatic hydroxyl groups excluding tert-OH is 1. The zero-order chi connectivity index (χ0) is 22.2. The number of aromatic nitrogens is 2. The van der Waals surface area contributed by atoms with Crippen LogP contribution in [0.5, 0.6) is 0 Å². The average molecular weight is 476 g/mol. The van der Waals surface area contributed by atoms with Crippen molar-refractivity contribution in [3.8, 4) is 0 Å². The van der Waals surface area contributed by atoms with Crippen molar-refractivity contribution in [2.75, 3.05) is 13.2 Å². The first kappa shape index (κ1) is 24.3. The van der Waals surface area contributed by atoms with E-state index in [0.717, 1.165) is 0 Å². The van der Waals surface area contributed by atoms with E-state index in [4.69, 9.17) is 14.7 Å². The van der Waals surface area contributed by atoms with Crippen LogP contribution in [-0.4, -0.2) is 47.4 Å². The highest BCUT2D eigenvalue weighted by Crippen LogP contribution is 2.66. The SMILES string of the molecule is C=C1[C@@H](n2ccc(C)nc2=O)[C@H](CO)[C@H]1COP(=O)(O)OP(=O)(O)OP(=O)(O)O. The van der Waals surface area contributed by atoms with E-state index in [9.17, 15) is 28.5 Å². The molecule has 5 atom stereocenters. The molecule has 0 aromatic carbocycles. The van der Waals surface area contributed by atoms with Crippen molar-refractivity contribution < 1.29 is 51.5 Å². The zero-order valence-electron chi connectivity index (χ0n) is 14.8. The van der Waals surface area contributed by atoms with Crippen LogP contribution < -0.4 is 5.69 Å². The lowest BCUT2D eigenvalue weighted by molar-refractivity contribution is 0.0471. The fourth-order valence-corrected chi connectivity index (χ4v) is 5.94. The lowest BCUT2D eigenvalue weighted by Crippen LogP contribution is -2.48. The van der Waals surface area contributed by atoms with Gasteiger partial charge in [-0.2, -0.15) is 13.6 Å². The van der Waals surface area contributed by atoms with Crippen LogP contribution in [0.2, 0.25) is 0 Å². The van der Waals surface area contributed by atoms with Gasteiger partial charge in [0.2, 0.25) is 0 Å². The second kappa shape index (κ2) is 8.62. The minimum absolute atomic E-state index is 0.357. The molecule has 29 heavy (non-hydrogen) atoms. The fraction of sp³-hybridized carbons (Fsp3) is 0.500. The van der Waals surface area contributed by atoms with Gasteiger partial charge >= 0.3 is 29.2 Å². The van der Waals surface area contributed by atoms with Crippen LogP contribution >= 0.6 is 23.5 Å². The molecule has 1 aliphatic rings. The lowest BCUT2D eigenvalue weighted by atomic mass is 9.66. The predicted molar refractivity (Wildman–Crippen MR) is 95.3 cm³/mol. The minimum Gasteiger partial charge on any atom is -0.396 e. The molecule has 0 saturated heterocycles. The quantitative estimate of drug-likeness (QED) is 0.239. The molecule has 1 aromatic rings. The Bertz CT molecular complexity index is 987. The number of aryl methyl sites for hydroxylation is 1. The van der Waals surface area contributed by atoms with Gasteiger partial charge in [-0.3, -0.25) is 9.09 Å². The molecule has 1 heterocycles. The molecule has 1 aliphatic carbocycles. The fourth-order valence-electron chi connectivity index (χ4n) is 2.90. The van der Waals surface area contributed by atoms with E-state index in [1.807, 2.05) is 0 Å². The summed E-state index contributed by atoms with van der Waals surface area (Å²) in [6.07, 6.45) is 1.46. The van der Waals surface area contributed by atoms with Crippen LogP contribution in [0.3, 0.4) is 0 Å². The normalized spacial score (nSPS) is 26.4. The molecule has 14 nitrogen and oxygen atoms in total. The van der Waals surface area contributed by atoms with Crippen molar-refractivity contribution in [3.63, 3.8) is 0 Å². The van der Waals surface area contributed by atoms with E-state index >= 15 is 0 Å². The summed E-state index contributed by atoms with van der Waals surface area (Å²) < 4.78 is 46.7. The van der Waals surface area contributed by atoms with Gasteiger partial charge in [-0.15, -0.1) is 0 Å². The Morgan fingerprint density at radius 2 is 1.79 bits per heavy atom. The van der Waals surface area contributed by atoms with Gasteiger partial charge in [0.25, 0.3) is 0 Å². The van der Waals surface area contributed by atoms with Crippen molar-refractivity contribution in [2.45, 2.75) is 13.0 Å². The van der Waals surface area contributed by atoms with Gasteiger partial charge in [-0.1, -0.05) is 6.58 Å². The summed E-state index contributed by atoms with van der Waals surface area (Å²) in [5.74, 6) is -1.39. The first-order valence-corrected chi connectivity index (χ1v) is 12.3. The Labute approximate surface area is 163 Å². The maximum absolute atomic E-state index is 12.0. The van der Waals surface area contributed by atoms with E-state index in [1.54, 1.807) is 13.0 Å². The zero-order valence-corrected chi connectivity index (χ0v) is 17.5. The Hall–Kier alpha value is -1.01. The Morgan fingerprint density at radius 3 is 2.31 bits per heavy atom. The summed E-state index contributed by atoms with van der Waals surface area (Å²) in [7, 11) is -16.4. The summed E-state index contributed by atoms with van der Waals surface area (Å²) in [6.45, 7) is 4.32. The van der Waals surface area contributed by atoms with Crippen molar-refractivity contribution >= 4 is 23.5 Å². The van der Waals surface area contributed by atoms with Crippen LogP contribution in [0.4, 0.5) is 0 Å². The van der Waals surface area contributed by atoms with Crippen LogP contribution in [0.25, 0.3) is 0 Å². The van der Waals surface area contributed by atoms with E-state index in [-0.39, 0.29) is 0 Å². The summed E-state index contributed by atoms with van der Waals surface area (Å²) in [6, 6.07) is 0.915. The third-order valence-electron chi connectivity index (χ3n) is 4.09. The number of aliphatic hydroxyl groups is 1. The maximum Gasteiger partial charge on any atom is 0.490 e. The molecule has 0 spiro atoms. The predicted octanol–water partition coefficient (Wildman–Crippen LogP) is 0.231. The van der Waals surface area contributed by atoms with Crippen LogP contribution in [0.15, 0.2) is 29.2 Å². The first-order valence-electron chi connectivity index (χ1n) is 7.79. The number of rotatable bonds is 9. The summed E-state index contributed by atoms with van der Waals surface area (Å²) in [5, 5.41) is 9.61. The first-order chi connectivity index (χ1) is 13.2. The summed E-state index contributed by atoms with van der Waals surface area (Å²) >= 11 is 0. The molecule has 2 rings (SSSR count). The van der Waals surface area contributed by atoms with Gasteiger partial charge < -0.3 is 24.7 Å². The number of hydrogen-bond donors (Lipinski definition) is 5. The van der Waals surface area contributed by atoms with E-state index in [0.29, 0.717) is 11.3 Å². The standard InChI is InChI=1S/C12H19N2O12P3/c1-7-3-4-14(12(16)13-7)11-8(2)10(9(11)5-15)6-24-28(20,21)26-29(22,23)25-27(17,18)19/h3-4,9-11,15H,2,5-6H2,1H3,(H,20,21)(H,22,23)(H2,17,18,19)/t9-,10+,11-/m1/s1. The summed E-state index contributed by atoms with van der Waals surface area (Å²) in [5.41, 5.74) is 0.261. The molecule has 0 radical (unpaired) electrons. The number of hydrogen-bond acceptors (Lipinski definition) is 9. The second-order valence-electron chi connectivity index (χ2n) is 6.12. The van der Waals surface area contributed by atoms with Crippen molar-refractivity contribution in [2.24, 2.45) is 11.8 Å². The molecule has 5 N–H and O–H groups in total. The molecule has 1 saturated carbocycles. The Balaban J connectivity index is 2.06. The van der Waals surface area contributed by atoms with Gasteiger partial charge in [-0.25, -0.2) is 18.5 Å². The summed E-state index contributed by atoms with van der Waals surface area (Å²) in [4.78, 5) is 51.4. The van der Waals surface area contributed by atoms with E-state index in [2.05, 4.69) is 24.7 Å². The number of phosphoric ester groups is 1. The van der Waals surface area contributed by atoms with Gasteiger partial charge in [-0.05, 0) is 18.6 Å². The van der Waals surface area contributed by atoms with Crippen LogP contribution in [0.1, 0.15) is 11.7 Å². The minimum atomic E-state index is -5.62. The Kier molecular flexibility index (Phi) is 7.21. The van der Waals surface area contributed by atoms with Crippen LogP contribution in [0, 0.1) is 18.8 Å². The maximum atomic E-state index is 12.0. The van der Waals surface area contributed by atoms with Gasteiger partial charge in [0, 0.05) is 30.3 Å². The van der Waals surface area contributed by atoms with Gasteiger partial charge in [0.15, 0.2) is 0 Å². The van der Waals surface area contributed by atoms with Crippen molar-refractivity contribution in [1.82, 2.24) is 9.55 Å². The largest absolute Gasteiger partial charge is 0.490 e. The topological polar surface area (TPSA) is 215 Å². The van der Waals surface area contributed by atoms with Crippen molar-refractivity contribution in [1.29, 1.82) is 0 Å². The molecular formula is C12H19N2O12P3. The van der Waals surface area contributed by atoms with E-state index in [1.165, 1.54) is 10.8 Å². The van der Waals surface area contributed by atoms with Gasteiger partial charge in [0.1, 0.15) is 0 Å². The molecule has 1 aromatic heterocycles. The molecule has 17 heteroatoms. The molecule has 164 valence electrons. The average Bonchev–Trinajstić information content (AvgIpc) is 2.50. The lowest BCUT2D eigenvalue weighted by Gasteiger charge is -2.46. The highest BCUT2D eigenvalue weighted by Gasteiger charge is 2.48. The Morgan fingerprint density at radius 1 is 1.17 bits per heavy atom. The highest BCUT2D eigenvalue weighted by atomic mass is 31.3. The number of phosphoric acid groups is 3. The third-order valence-corrected chi connectivity index (χ3v) is 7.89.